The number of terminal acetylenes is 1. The van der Waals surface area contributed by atoms with E-state index in [0.29, 0.717) is 13.2 Å². The molecule has 0 fully saturated rings. The maximum Gasteiger partial charge on any atom is 0.127 e. The maximum absolute atomic E-state index is 6.14. The summed E-state index contributed by atoms with van der Waals surface area (Å²) in [5.41, 5.74) is 0. The first-order valence-corrected chi connectivity index (χ1v) is 6.15. The van der Waals surface area contributed by atoms with Gasteiger partial charge in [-0.2, -0.15) is 0 Å². The Bertz CT molecular complexity index is 574. The van der Waals surface area contributed by atoms with E-state index in [1.54, 1.807) is 0 Å². The number of halogens is 1. The minimum absolute atomic E-state index is 0.560. The van der Waals surface area contributed by atoms with Gasteiger partial charge in [0.1, 0.15) is 12.4 Å². The lowest BCUT2D eigenvalue weighted by molar-refractivity contribution is 0.320. The molecule has 3 heteroatoms. The van der Waals surface area contributed by atoms with E-state index in [-0.39, 0.29) is 0 Å². The second-order valence-electron chi connectivity index (χ2n) is 3.82. The van der Waals surface area contributed by atoms with Crippen LogP contribution in [0.5, 0.6) is 5.75 Å². The van der Waals surface area contributed by atoms with Crippen LogP contribution >= 0.6 is 11.6 Å². The molecule has 0 aliphatic rings. The first-order valence-electron chi connectivity index (χ1n) is 5.77. The summed E-state index contributed by atoms with van der Waals surface area (Å²) in [6, 6.07) is 11.7. The van der Waals surface area contributed by atoms with Crippen molar-refractivity contribution in [2.75, 3.05) is 19.7 Å². The molecule has 2 aromatic carbocycles. The molecule has 2 rings (SSSR count). The van der Waals surface area contributed by atoms with Crippen molar-refractivity contribution in [3.05, 3.63) is 41.4 Å². The van der Waals surface area contributed by atoms with Crippen LogP contribution < -0.4 is 10.1 Å². The van der Waals surface area contributed by atoms with Crippen molar-refractivity contribution in [3.63, 3.8) is 0 Å². The van der Waals surface area contributed by atoms with E-state index in [0.717, 1.165) is 28.1 Å². The lowest BCUT2D eigenvalue weighted by atomic mass is 10.1. The number of hydrogen-bond donors (Lipinski definition) is 1. The normalized spacial score (nSPS) is 10.2. The fourth-order valence-electron chi connectivity index (χ4n) is 1.75. The second kappa shape index (κ2) is 6.30. The van der Waals surface area contributed by atoms with Gasteiger partial charge < -0.3 is 10.1 Å². The van der Waals surface area contributed by atoms with Gasteiger partial charge in [-0.3, -0.25) is 0 Å². The Morgan fingerprint density at radius 1 is 1.17 bits per heavy atom. The Labute approximate surface area is 112 Å². The highest BCUT2D eigenvalue weighted by molar-refractivity contribution is 6.35. The van der Waals surface area contributed by atoms with Crippen LogP contribution in [0.2, 0.25) is 5.02 Å². The van der Waals surface area contributed by atoms with Crippen molar-refractivity contribution in [2.24, 2.45) is 0 Å². The molecule has 0 spiro atoms. The largest absolute Gasteiger partial charge is 0.492 e. The fourth-order valence-corrected chi connectivity index (χ4v) is 1.98. The monoisotopic (exact) mass is 259 g/mol. The molecular formula is C15H14ClNO. The lowest BCUT2D eigenvalue weighted by Crippen LogP contribution is -2.21. The molecule has 0 atom stereocenters. The molecule has 0 unspecified atom stereocenters. The van der Waals surface area contributed by atoms with Crippen LogP contribution in [-0.4, -0.2) is 19.7 Å². The highest BCUT2D eigenvalue weighted by atomic mass is 35.5. The van der Waals surface area contributed by atoms with Gasteiger partial charge in [0, 0.05) is 22.3 Å². The van der Waals surface area contributed by atoms with Gasteiger partial charge in [-0.25, -0.2) is 0 Å². The van der Waals surface area contributed by atoms with Gasteiger partial charge in [0.05, 0.1) is 6.54 Å². The van der Waals surface area contributed by atoms with Crippen LogP contribution in [-0.2, 0) is 0 Å². The topological polar surface area (TPSA) is 21.3 Å². The van der Waals surface area contributed by atoms with Crippen molar-refractivity contribution < 1.29 is 4.74 Å². The van der Waals surface area contributed by atoms with Crippen LogP contribution in [0, 0.1) is 12.3 Å². The van der Waals surface area contributed by atoms with Crippen LogP contribution in [0.3, 0.4) is 0 Å². The van der Waals surface area contributed by atoms with Gasteiger partial charge in [-0.1, -0.05) is 41.8 Å². The summed E-state index contributed by atoms with van der Waals surface area (Å²) in [7, 11) is 0. The van der Waals surface area contributed by atoms with Gasteiger partial charge in [0.25, 0.3) is 0 Å². The van der Waals surface area contributed by atoms with Gasteiger partial charge in [-0.15, -0.1) is 6.42 Å². The van der Waals surface area contributed by atoms with Gasteiger partial charge in [0.2, 0.25) is 0 Å². The van der Waals surface area contributed by atoms with E-state index >= 15 is 0 Å². The summed E-state index contributed by atoms with van der Waals surface area (Å²) >= 11 is 6.14. The third-order valence-corrected chi connectivity index (χ3v) is 2.92. The number of nitrogens with one attached hydrogen (secondary N) is 1. The smallest absolute Gasteiger partial charge is 0.127 e. The maximum atomic E-state index is 6.14. The quantitative estimate of drug-likeness (QED) is 0.658. The summed E-state index contributed by atoms with van der Waals surface area (Å²) < 4.78 is 5.73. The Hall–Kier alpha value is -1.69. The predicted molar refractivity (Wildman–Crippen MR) is 76.2 cm³/mol. The van der Waals surface area contributed by atoms with E-state index in [9.17, 15) is 0 Å². The Balaban J connectivity index is 2.09. The molecule has 2 aromatic rings. The fraction of sp³-hybridized carbons (Fsp3) is 0.200. The predicted octanol–water partition coefficient (Wildman–Crippen LogP) is 3.09. The van der Waals surface area contributed by atoms with Gasteiger partial charge in [-0.05, 0) is 12.1 Å². The molecule has 0 radical (unpaired) electrons. The molecular weight excluding hydrogens is 246 g/mol. The molecule has 0 aliphatic carbocycles. The van der Waals surface area contributed by atoms with Crippen molar-refractivity contribution in [1.29, 1.82) is 0 Å². The molecule has 18 heavy (non-hydrogen) atoms. The van der Waals surface area contributed by atoms with E-state index in [4.69, 9.17) is 22.8 Å². The number of hydrogen-bond acceptors (Lipinski definition) is 2. The minimum atomic E-state index is 0.560. The highest BCUT2D eigenvalue weighted by Crippen LogP contribution is 2.31. The van der Waals surface area contributed by atoms with Crippen molar-refractivity contribution >= 4 is 22.4 Å². The van der Waals surface area contributed by atoms with Crippen molar-refractivity contribution in [1.82, 2.24) is 5.32 Å². The van der Waals surface area contributed by atoms with Crippen molar-refractivity contribution in [3.8, 4) is 18.1 Å². The van der Waals surface area contributed by atoms with Crippen molar-refractivity contribution in [2.45, 2.75) is 0 Å². The number of rotatable bonds is 5. The zero-order chi connectivity index (χ0) is 12.8. The first kappa shape index (κ1) is 12.8. The van der Waals surface area contributed by atoms with E-state index in [1.165, 1.54) is 0 Å². The molecule has 1 N–H and O–H groups in total. The van der Waals surface area contributed by atoms with E-state index < -0.39 is 0 Å². The molecule has 0 saturated heterocycles. The molecule has 0 aromatic heterocycles. The number of ether oxygens (including phenoxy) is 1. The Morgan fingerprint density at radius 2 is 1.94 bits per heavy atom. The Kier molecular flexibility index (Phi) is 4.46. The molecule has 2 nitrogen and oxygen atoms in total. The highest BCUT2D eigenvalue weighted by Gasteiger charge is 2.04. The SMILES string of the molecule is C#CCNCCOc1ccc(Cl)c2ccccc12. The summed E-state index contributed by atoms with van der Waals surface area (Å²) in [5, 5.41) is 5.85. The number of fused-ring (bicyclic) bond motifs is 1. The third kappa shape index (κ3) is 2.95. The molecule has 0 bridgehead atoms. The van der Waals surface area contributed by atoms with Crippen LogP contribution in [0.15, 0.2) is 36.4 Å². The van der Waals surface area contributed by atoms with E-state index in [1.807, 2.05) is 36.4 Å². The second-order valence-corrected chi connectivity index (χ2v) is 4.23. The Morgan fingerprint density at radius 3 is 2.72 bits per heavy atom. The van der Waals surface area contributed by atoms with E-state index in [2.05, 4.69) is 11.2 Å². The van der Waals surface area contributed by atoms with Gasteiger partial charge >= 0.3 is 0 Å². The summed E-state index contributed by atoms with van der Waals surface area (Å²) in [5.74, 6) is 3.36. The zero-order valence-electron chi connectivity index (χ0n) is 9.95. The average Bonchev–Trinajstić information content (AvgIpc) is 2.41. The van der Waals surface area contributed by atoms with Crippen LogP contribution in [0.25, 0.3) is 10.8 Å². The minimum Gasteiger partial charge on any atom is -0.492 e. The van der Waals surface area contributed by atoms with Gasteiger partial charge in [0.15, 0.2) is 0 Å². The molecule has 0 heterocycles. The third-order valence-electron chi connectivity index (χ3n) is 2.59. The average molecular weight is 260 g/mol. The summed E-state index contributed by atoms with van der Waals surface area (Å²) in [6.45, 7) is 1.86. The zero-order valence-corrected chi connectivity index (χ0v) is 10.7. The molecule has 92 valence electrons. The van der Waals surface area contributed by atoms with Crippen LogP contribution in [0.4, 0.5) is 0 Å². The lowest BCUT2D eigenvalue weighted by Gasteiger charge is -2.10. The summed E-state index contributed by atoms with van der Waals surface area (Å²) in [4.78, 5) is 0. The standard InChI is InChI=1S/C15H14ClNO/c1-2-9-17-10-11-18-15-8-7-14(16)12-5-3-4-6-13(12)15/h1,3-8,17H,9-11H2. The molecule has 0 aliphatic heterocycles. The molecule has 0 amide bonds. The first-order chi connectivity index (χ1) is 8.83. The number of benzene rings is 2. The summed E-state index contributed by atoms with van der Waals surface area (Å²) in [6.07, 6.45) is 5.14. The molecule has 0 saturated carbocycles. The van der Waals surface area contributed by atoms with Crippen LogP contribution in [0.1, 0.15) is 0 Å².